The molecule has 82 valence electrons. The maximum Gasteiger partial charge on any atom is 0.126 e. The van der Waals surface area contributed by atoms with E-state index >= 15 is 0 Å². The van der Waals surface area contributed by atoms with Crippen molar-refractivity contribution in [3.05, 3.63) is 35.1 Å². The molecule has 3 heteroatoms. The van der Waals surface area contributed by atoms with Gasteiger partial charge in [0.15, 0.2) is 0 Å². The van der Waals surface area contributed by atoms with Crippen molar-refractivity contribution in [1.29, 1.82) is 0 Å². The number of benzene rings is 1. The Bertz CT molecular complexity index is 361. The molecule has 0 radical (unpaired) electrons. The first kappa shape index (κ1) is 10.6. The molecule has 2 atom stereocenters. The van der Waals surface area contributed by atoms with Crippen LogP contribution in [0.2, 0.25) is 0 Å². The number of aryl methyl sites for hydroxylation is 1. The monoisotopic (exact) mass is 210 g/mol. The molecule has 1 aliphatic carbocycles. The van der Waals surface area contributed by atoms with Gasteiger partial charge in [0.1, 0.15) is 11.9 Å². The second kappa shape index (κ2) is 3.91. The number of rotatable bonds is 3. The van der Waals surface area contributed by atoms with Gasteiger partial charge in [-0.15, -0.1) is 0 Å². The zero-order valence-corrected chi connectivity index (χ0v) is 8.65. The average Bonchev–Trinajstić information content (AvgIpc) is 3.03. The van der Waals surface area contributed by atoms with Crippen molar-refractivity contribution in [1.82, 2.24) is 0 Å². The molecule has 2 unspecified atom stereocenters. The lowest BCUT2D eigenvalue weighted by Gasteiger charge is -2.18. The van der Waals surface area contributed by atoms with Crippen molar-refractivity contribution < 1.29 is 14.6 Å². The highest BCUT2D eigenvalue weighted by Gasteiger charge is 2.35. The van der Waals surface area contributed by atoms with Crippen LogP contribution in [-0.2, 0) is 0 Å². The second-order valence-corrected chi connectivity index (χ2v) is 4.28. The summed E-state index contributed by atoms with van der Waals surface area (Å²) in [7, 11) is 0. The molecule has 2 nitrogen and oxygen atoms in total. The Labute approximate surface area is 88.4 Å². The Balaban J connectivity index is 2.17. The molecule has 0 spiro atoms. The van der Waals surface area contributed by atoms with Crippen molar-refractivity contribution in [3.8, 4) is 0 Å². The number of hydrogen-bond donors (Lipinski definition) is 2. The fourth-order valence-corrected chi connectivity index (χ4v) is 1.74. The summed E-state index contributed by atoms with van der Waals surface area (Å²) in [5.74, 6) is -0.0720. The van der Waals surface area contributed by atoms with Crippen LogP contribution in [-0.4, -0.2) is 16.3 Å². The Morgan fingerprint density at radius 1 is 1.33 bits per heavy atom. The molecule has 2 N–H and O–H groups in total. The average molecular weight is 210 g/mol. The Kier molecular flexibility index (Phi) is 2.76. The van der Waals surface area contributed by atoms with Crippen LogP contribution in [0.25, 0.3) is 0 Å². The third-order valence-corrected chi connectivity index (χ3v) is 2.95. The Morgan fingerprint density at radius 3 is 2.53 bits per heavy atom. The predicted octanol–water partition coefficient (Wildman–Crippen LogP) is 1.94. The molecule has 1 aliphatic rings. The largest absolute Gasteiger partial charge is 0.390 e. The molecular weight excluding hydrogens is 195 g/mol. The van der Waals surface area contributed by atoms with Crippen molar-refractivity contribution in [2.75, 3.05) is 0 Å². The quantitative estimate of drug-likeness (QED) is 0.800. The van der Waals surface area contributed by atoms with E-state index in [1.165, 1.54) is 12.1 Å². The van der Waals surface area contributed by atoms with Gasteiger partial charge >= 0.3 is 0 Å². The maximum absolute atomic E-state index is 13.0. The van der Waals surface area contributed by atoms with Crippen molar-refractivity contribution in [2.45, 2.75) is 32.0 Å². The van der Waals surface area contributed by atoms with Crippen LogP contribution in [0.3, 0.4) is 0 Å². The summed E-state index contributed by atoms with van der Waals surface area (Å²) in [5, 5.41) is 19.6. The number of hydrogen-bond acceptors (Lipinski definition) is 2. The first-order valence-electron chi connectivity index (χ1n) is 5.22. The van der Waals surface area contributed by atoms with E-state index in [9.17, 15) is 14.6 Å². The van der Waals surface area contributed by atoms with E-state index in [4.69, 9.17) is 0 Å². The molecule has 1 aromatic carbocycles. The standard InChI is InChI=1S/C12H15FO2/c1-7-6-9(4-5-10(7)13)12(15)11(14)8-2-3-8/h4-6,8,11-12,14-15H,2-3H2,1H3. The van der Waals surface area contributed by atoms with Crippen LogP contribution in [0, 0.1) is 18.7 Å². The highest BCUT2D eigenvalue weighted by atomic mass is 19.1. The van der Waals surface area contributed by atoms with E-state index in [0.29, 0.717) is 11.1 Å². The van der Waals surface area contributed by atoms with Crippen molar-refractivity contribution in [2.24, 2.45) is 5.92 Å². The van der Waals surface area contributed by atoms with E-state index < -0.39 is 12.2 Å². The summed E-state index contributed by atoms with van der Waals surface area (Å²) < 4.78 is 13.0. The highest BCUT2D eigenvalue weighted by Crippen LogP contribution is 2.38. The lowest BCUT2D eigenvalue weighted by atomic mass is 9.99. The van der Waals surface area contributed by atoms with E-state index in [-0.39, 0.29) is 11.7 Å². The predicted molar refractivity (Wildman–Crippen MR) is 54.8 cm³/mol. The molecular formula is C12H15FO2. The Hall–Kier alpha value is -0.930. The van der Waals surface area contributed by atoms with Crippen LogP contribution in [0.15, 0.2) is 18.2 Å². The first-order chi connectivity index (χ1) is 7.09. The molecule has 1 aromatic rings. The van der Waals surface area contributed by atoms with Gasteiger partial charge < -0.3 is 10.2 Å². The smallest absolute Gasteiger partial charge is 0.126 e. The Morgan fingerprint density at radius 2 is 2.00 bits per heavy atom. The van der Waals surface area contributed by atoms with Crippen molar-refractivity contribution in [3.63, 3.8) is 0 Å². The fraction of sp³-hybridized carbons (Fsp3) is 0.500. The zero-order valence-electron chi connectivity index (χ0n) is 8.65. The molecule has 1 fully saturated rings. The van der Waals surface area contributed by atoms with Gasteiger partial charge in [0.25, 0.3) is 0 Å². The molecule has 0 aromatic heterocycles. The first-order valence-corrected chi connectivity index (χ1v) is 5.22. The summed E-state index contributed by atoms with van der Waals surface area (Å²) in [6.07, 6.45) is 0.336. The van der Waals surface area contributed by atoms with Crippen LogP contribution in [0.1, 0.15) is 30.1 Å². The third kappa shape index (κ3) is 2.19. The van der Waals surface area contributed by atoms with Gasteiger partial charge in [-0.1, -0.05) is 12.1 Å². The molecule has 1 saturated carbocycles. The normalized spacial score (nSPS) is 20.0. The lowest BCUT2D eigenvalue weighted by molar-refractivity contribution is 0.00478. The van der Waals surface area contributed by atoms with E-state index in [0.717, 1.165) is 12.8 Å². The van der Waals surface area contributed by atoms with Crippen LogP contribution in [0.5, 0.6) is 0 Å². The summed E-state index contributed by atoms with van der Waals surface area (Å²) >= 11 is 0. The molecule has 0 saturated heterocycles. The SMILES string of the molecule is Cc1cc(C(O)C(O)C2CC2)ccc1F. The molecule has 2 rings (SSSR count). The van der Waals surface area contributed by atoms with E-state index in [1.54, 1.807) is 13.0 Å². The molecule has 0 aliphatic heterocycles. The number of aliphatic hydroxyl groups is 2. The van der Waals surface area contributed by atoms with Gasteiger partial charge in [-0.3, -0.25) is 0 Å². The molecule has 15 heavy (non-hydrogen) atoms. The minimum absolute atomic E-state index is 0.213. The summed E-state index contributed by atoms with van der Waals surface area (Å²) in [4.78, 5) is 0. The summed E-state index contributed by atoms with van der Waals surface area (Å²) in [6.45, 7) is 1.65. The second-order valence-electron chi connectivity index (χ2n) is 4.28. The summed E-state index contributed by atoms with van der Waals surface area (Å²) in [6, 6.07) is 4.44. The topological polar surface area (TPSA) is 40.5 Å². The van der Waals surface area contributed by atoms with E-state index in [1.807, 2.05) is 0 Å². The van der Waals surface area contributed by atoms with Crippen LogP contribution < -0.4 is 0 Å². The van der Waals surface area contributed by atoms with Gasteiger partial charge in [-0.05, 0) is 42.9 Å². The third-order valence-electron chi connectivity index (χ3n) is 2.95. The van der Waals surface area contributed by atoms with E-state index in [2.05, 4.69) is 0 Å². The molecule has 0 heterocycles. The lowest BCUT2D eigenvalue weighted by Crippen LogP contribution is -2.20. The molecule has 0 bridgehead atoms. The van der Waals surface area contributed by atoms with Gasteiger partial charge in [-0.25, -0.2) is 4.39 Å². The number of halogens is 1. The minimum Gasteiger partial charge on any atom is -0.390 e. The van der Waals surface area contributed by atoms with Crippen LogP contribution >= 0.6 is 0 Å². The van der Waals surface area contributed by atoms with Gasteiger partial charge in [0.2, 0.25) is 0 Å². The number of aliphatic hydroxyl groups excluding tert-OH is 2. The highest BCUT2D eigenvalue weighted by molar-refractivity contribution is 5.26. The summed E-state index contributed by atoms with van der Waals surface area (Å²) in [5.41, 5.74) is 1.09. The van der Waals surface area contributed by atoms with Crippen molar-refractivity contribution >= 4 is 0 Å². The van der Waals surface area contributed by atoms with Gasteiger partial charge in [0.05, 0.1) is 6.10 Å². The van der Waals surface area contributed by atoms with Crippen LogP contribution in [0.4, 0.5) is 4.39 Å². The molecule has 0 amide bonds. The zero-order chi connectivity index (χ0) is 11.0. The fourth-order valence-electron chi connectivity index (χ4n) is 1.74. The minimum atomic E-state index is -0.892. The maximum atomic E-state index is 13.0. The van der Waals surface area contributed by atoms with Gasteiger partial charge in [-0.2, -0.15) is 0 Å². The van der Waals surface area contributed by atoms with Gasteiger partial charge in [0, 0.05) is 0 Å².